The predicted octanol–water partition coefficient (Wildman–Crippen LogP) is 2.85. The van der Waals surface area contributed by atoms with Crippen molar-refractivity contribution in [3.63, 3.8) is 0 Å². The van der Waals surface area contributed by atoms with Crippen molar-refractivity contribution in [1.82, 2.24) is 0 Å². The Balaban J connectivity index is 1.69. The number of benzene rings is 2. The molecule has 1 atom stereocenters. The van der Waals surface area contributed by atoms with E-state index in [4.69, 9.17) is 23.8 Å². The summed E-state index contributed by atoms with van der Waals surface area (Å²) >= 11 is 0. The topological polar surface area (TPSA) is 87.6 Å². The molecule has 0 radical (unpaired) electrons. The van der Waals surface area contributed by atoms with Crippen molar-refractivity contribution in [2.24, 2.45) is 5.16 Å². The van der Waals surface area contributed by atoms with Gasteiger partial charge in [0, 0.05) is 24.2 Å². The van der Waals surface area contributed by atoms with E-state index in [1.54, 1.807) is 19.2 Å². The quantitative estimate of drug-likeness (QED) is 0.787. The van der Waals surface area contributed by atoms with Crippen LogP contribution < -0.4 is 24.3 Å². The molecule has 0 aliphatic carbocycles. The fourth-order valence-corrected chi connectivity index (χ4v) is 2.85. The zero-order chi connectivity index (χ0) is 20.1. The molecule has 8 heteroatoms. The van der Waals surface area contributed by atoms with E-state index in [1.807, 2.05) is 24.3 Å². The fourth-order valence-electron chi connectivity index (χ4n) is 2.85. The molecular formula is C20H22N2O6. The summed E-state index contributed by atoms with van der Waals surface area (Å²) in [5, 5.41) is 6.85. The fraction of sp³-hybridized carbons (Fsp3) is 0.300. The van der Waals surface area contributed by atoms with Gasteiger partial charge in [-0.25, -0.2) is 0 Å². The highest BCUT2D eigenvalue weighted by Crippen LogP contribution is 2.40. The lowest BCUT2D eigenvalue weighted by molar-refractivity contribution is -0.125. The number of nitrogens with zero attached hydrogens (tertiary/aromatic N) is 1. The van der Waals surface area contributed by atoms with E-state index in [0.717, 1.165) is 11.3 Å². The second-order valence-corrected chi connectivity index (χ2v) is 5.97. The van der Waals surface area contributed by atoms with E-state index in [9.17, 15) is 4.79 Å². The highest BCUT2D eigenvalue weighted by atomic mass is 16.6. The maximum Gasteiger partial charge on any atom is 0.268 e. The molecule has 0 unspecified atom stereocenters. The molecule has 1 amide bonds. The molecule has 1 aliphatic rings. The van der Waals surface area contributed by atoms with E-state index in [-0.39, 0.29) is 5.91 Å². The van der Waals surface area contributed by atoms with Crippen LogP contribution in [0.3, 0.4) is 0 Å². The van der Waals surface area contributed by atoms with Crippen LogP contribution in [-0.2, 0) is 9.63 Å². The van der Waals surface area contributed by atoms with Gasteiger partial charge in [-0.3, -0.25) is 4.79 Å². The van der Waals surface area contributed by atoms with Gasteiger partial charge in [0.15, 0.2) is 11.5 Å². The average molecular weight is 386 g/mol. The minimum absolute atomic E-state index is 0.318. The number of hydrogen-bond donors (Lipinski definition) is 1. The Bertz CT molecular complexity index is 854. The Kier molecular flexibility index (Phi) is 5.88. The number of ether oxygens (including phenoxy) is 4. The van der Waals surface area contributed by atoms with Gasteiger partial charge < -0.3 is 29.1 Å². The van der Waals surface area contributed by atoms with E-state index in [2.05, 4.69) is 10.5 Å². The molecule has 28 heavy (non-hydrogen) atoms. The van der Waals surface area contributed by atoms with Crippen molar-refractivity contribution in [2.45, 2.75) is 12.5 Å². The molecule has 0 spiro atoms. The maximum absolute atomic E-state index is 12.6. The van der Waals surface area contributed by atoms with Gasteiger partial charge >= 0.3 is 0 Å². The molecule has 1 N–H and O–H groups in total. The molecule has 1 aliphatic heterocycles. The lowest BCUT2D eigenvalue weighted by atomic mass is 10.0. The Morgan fingerprint density at radius 2 is 1.64 bits per heavy atom. The van der Waals surface area contributed by atoms with Gasteiger partial charge in [0.1, 0.15) is 5.75 Å². The smallest absolute Gasteiger partial charge is 0.268 e. The summed E-state index contributed by atoms with van der Waals surface area (Å²) in [7, 11) is 6.15. The SMILES string of the molecule is COc1ccc(C2=NO[C@H](C(=O)Nc3cc(OC)c(OC)c(OC)c3)C2)cc1. The van der Waals surface area contributed by atoms with Gasteiger partial charge in [-0.05, 0) is 29.8 Å². The van der Waals surface area contributed by atoms with Crippen molar-refractivity contribution < 1.29 is 28.6 Å². The van der Waals surface area contributed by atoms with Gasteiger partial charge in [0.25, 0.3) is 5.91 Å². The number of rotatable bonds is 7. The van der Waals surface area contributed by atoms with E-state index < -0.39 is 6.10 Å². The van der Waals surface area contributed by atoms with Crippen molar-refractivity contribution in [1.29, 1.82) is 0 Å². The van der Waals surface area contributed by atoms with Crippen LogP contribution >= 0.6 is 0 Å². The molecule has 1 heterocycles. The van der Waals surface area contributed by atoms with Crippen LogP contribution in [0.25, 0.3) is 0 Å². The van der Waals surface area contributed by atoms with Gasteiger partial charge in [-0.1, -0.05) is 5.16 Å². The maximum atomic E-state index is 12.6. The Hall–Kier alpha value is -3.42. The first-order valence-electron chi connectivity index (χ1n) is 8.57. The molecule has 148 valence electrons. The number of hydrogen-bond acceptors (Lipinski definition) is 7. The third-order valence-electron chi connectivity index (χ3n) is 4.32. The summed E-state index contributed by atoms with van der Waals surface area (Å²) < 4.78 is 21.0. The summed E-state index contributed by atoms with van der Waals surface area (Å²) in [5.74, 6) is 1.77. The number of oxime groups is 1. The summed E-state index contributed by atoms with van der Waals surface area (Å²) in [6, 6.07) is 10.7. The minimum atomic E-state index is -0.726. The van der Waals surface area contributed by atoms with Gasteiger partial charge in [0.05, 0.1) is 34.2 Å². The summed E-state index contributed by atoms with van der Waals surface area (Å²) in [6.07, 6.45) is -0.362. The van der Waals surface area contributed by atoms with Crippen LogP contribution in [0.4, 0.5) is 5.69 Å². The van der Waals surface area contributed by atoms with Gasteiger partial charge in [-0.2, -0.15) is 0 Å². The van der Waals surface area contributed by atoms with Crippen LogP contribution in [0.15, 0.2) is 41.6 Å². The normalized spacial score (nSPS) is 15.3. The van der Waals surface area contributed by atoms with Gasteiger partial charge in [-0.15, -0.1) is 0 Å². The minimum Gasteiger partial charge on any atom is -0.497 e. The molecular weight excluding hydrogens is 364 g/mol. The van der Waals surface area contributed by atoms with Crippen LogP contribution in [0, 0.1) is 0 Å². The van der Waals surface area contributed by atoms with Crippen molar-refractivity contribution in [2.75, 3.05) is 33.8 Å². The number of amides is 1. The number of nitrogens with one attached hydrogen (secondary N) is 1. The molecule has 0 saturated carbocycles. The van der Waals surface area contributed by atoms with Crippen LogP contribution in [0.1, 0.15) is 12.0 Å². The third kappa shape index (κ3) is 3.95. The zero-order valence-electron chi connectivity index (χ0n) is 16.1. The Labute approximate surface area is 163 Å². The standard InChI is InChI=1S/C20H22N2O6/c1-24-14-7-5-12(6-8-14)15-11-18(28-22-15)20(23)21-13-9-16(25-2)19(27-4)17(10-13)26-3/h5-10,18H,11H2,1-4H3,(H,21,23)/t18-/m0/s1. The summed E-state index contributed by atoms with van der Waals surface area (Å²) in [5.41, 5.74) is 2.08. The van der Waals surface area contributed by atoms with E-state index in [1.165, 1.54) is 21.3 Å². The molecule has 0 aromatic heterocycles. The number of methoxy groups -OCH3 is 4. The lowest BCUT2D eigenvalue weighted by Crippen LogP contribution is -2.28. The van der Waals surface area contributed by atoms with Crippen molar-refractivity contribution in [3.8, 4) is 23.0 Å². The number of carbonyl (C=O) groups is 1. The molecule has 3 rings (SSSR count). The molecule has 0 saturated heterocycles. The molecule has 0 fully saturated rings. The van der Waals surface area contributed by atoms with Crippen LogP contribution in [-0.4, -0.2) is 46.2 Å². The highest BCUT2D eigenvalue weighted by Gasteiger charge is 2.29. The summed E-state index contributed by atoms with van der Waals surface area (Å²) in [4.78, 5) is 17.9. The zero-order valence-corrected chi connectivity index (χ0v) is 16.1. The Morgan fingerprint density at radius 1 is 1.00 bits per heavy atom. The average Bonchev–Trinajstić information content (AvgIpc) is 3.23. The van der Waals surface area contributed by atoms with E-state index >= 15 is 0 Å². The number of anilines is 1. The van der Waals surface area contributed by atoms with Crippen molar-refractivity contribution >= 4 is 17.3 Å². The number of carbonyl (C=O) groups excluding carboxylic acids is 1. The second-order valence-electron chi connectivity index (χ2n) is 5.97. The van der Waals surface area contributed by atoms with Gasteiger partial charge in [0.2, 0.25) is 11.9 Å². The largest absolute Gasteiger partial charge is 0.497 e. The summed E-state index contributed by atoms with van der Waals surface area (Å²) in [6.45, 7) is 0. The van der Waals surface area contributed by atoms with Crippen molar-refractivity contribution in [3.05, 3.63) is 42.0 Å². The third-order valence-corrected chi connectivity index (χ3v) is 4.32. The molecule has 0 bridgehead atoms. The lowest BCUT2D eigenvalue weighted by Gasteiger charge is -2.15. The second kappa shape index (κ2) is 8.51. The Morgan fingerprint density at radius 3 is 2.18 bits per heavy atom. The predicted molar refractivity (Wildman–Crippen MR) is 104 cm³/mol. The van der Waals surface area contributed by atoms with Crippen LogP contribution in [0.5, 0.6) is 23.0 Å². The molecule has 2 aromatic rings. The first kappa shape index (κ1) is 19.3. The monoisotopic (exact) mass is 386 g/mol. The first-order chi connectivity index (χ1) is 13.6. The first-order valence-corrected chi connectivity index (χ1v) is 8.57. The highest BCUT2D eigenvalue weighted by molar-refractivity contribution is 6.06. The van der Waals surface area contributed by atoms with Crippen LogP contribution in [0.2, 0.25) is 0 Å². The molecule has 8 nitrogen and oxygen atoms in total. The van der Waals surface area contributed by atoms with E-state index in [0.29, 0.717) is 35.1 Å². The molecule has 2 aromatic carbocycles.